The second-order valence-corrected chi connectivity index (χ2v) is 6.17. The minimum atomic E-state index is -1.00. The molecule has 0 unspecified atom stereocenters. The van der Waals surface area contributed by atoms with E-state index < -0.39 is 18.1 Å². The van der Waals surface area contributed by atoms with Crippen molar-refractivity contribution in [1.29, 1.82) is 0 Å². The molecule has 0 spiro atoms. The zero-order valence-electron chi connectivity index (χ0n) is 10.6. The third kappa shape index (κ3) is 6.05. The summed E-state index contributed by atoms with van der Waals surface area (Å²) in [5, 5.41) is 12.5. The molecule has 0 radical (unpaired) electrons. The number of carbonyl (C=O) groups is 2. The van der Waals surface area contributed by atoms with Gasteiger partial charge in [-0.2, -0.15) is 0 Å². The summed E-state index contributed by atoms with van der Waals surface area (Å²) in [5.74, 6) is 0.622. The van der Waals surface area contributed by atoms with Crippen molar-refractivity contribution in [3.8, 4) is 0 Å². The predicted molar refractivity (Wildman–Crippen MR) is 68.0 cm³/mol. The molecule has 6 heteroatoms. The Kier molecular flexibility index (Phi) is 8.21. The van der Waals surface area contributed by atoms with Gasteiger partial charge in [0.15, 0.2) is 0 Å². The van der Waals surface area contributed by atoms with Crippen molar-refractivity contribution in [3.05, 3.63) is 0 Å². The van der Waals surface area contributed by atoms with Gasteiger partial charge in [-0.25, -0.2) is 0 Å². The molecule has 0 aromatic carbocycles. The van der Waals surface area contributed by atoms with Crippen LogP contribution in [0.25, 0.3) is 0 Å². The minimum absolute atomic E-state index is 0.0981. The fourth-order valence-corrected chi connectivity index (χ4v) is 2.35. The van der Waals surface area contributed by atoms with Crippen LogP contribution < -0.4 is 11.1 Å². The molecule has 3 atom stereocenters. The van der Waals surface area contributed by atoms with Crippen molar-refractivity contribution >= 4 is 26.8 Å². The van der Waals surface area contributed by atoms with Crippen LogP contribution in [0.4, 0.5) is 0 Å². The van der Waals surface area contributed by atoms with Gasteiger partial charge in [0, 0.05) is 0 Å². The number of nitrogens with two attached hydrogens (primary N) is 1. The molecule has 0 bridgehead atoms. The van der Waals surface area contributed by atoms with Crippen LogP contribution in [0, 0.1) is 5.92 Å². The van der Waals surface area contributed by atoms with Gasteiger partial charge in [-0.15, -0.1) is 0 Å². The molecule has 4 N–H and O–H groups in total. The van der Waals surface area contributed by atoms with Crippen molar-refractivity contribution in [3.63, 3.8) is 0 Å². The maximum atomic E-state index is 11.7. The van der Waals surface area contributed by atoms with Gasteiger partial charge in [0.25, 0.3) is 0 Å². The number of hydrogen-bond donors (Lipinski definition) is 3. The standard InChI is InChI=1S/C11H22N2O3Se/c1-4-7(2)9(11(15)16)13-10(14)8(12)5-6-17-3/h7-9H,4-6,12H2,1-3H3,(H,13,14)(H,15,16)/t7-,8-,9-/m0/s1. The van der Waals surface area contributed by atoms with Gasteiger partial charge in [-0.05, 0) is 0 Å². The molecule has 5 nitrogen and oxygen atoms in total. The van der Waals surface area contributed by atoms with Gasteiger partial charge in [-0.1, -0.05) is 0 Å². The van der Waals surface area contributed by atoms with Crippen LogP contribution in [0.1, 0.15) is 26.7 Å². The monoisotopic (exact) mass is 310 g/mol. The third-order valence-corrected chi connectivity index (χ3v) is 4.10. The number of amides is 1. The van der Waals surface area contributed by atoms with E-state index in [1.54, 1.807) is 6.92 Å². The van der Waals surface area contributed by atoms with E-state index in [1.807, 2.05) is 6.92 Å². The molecule has 0 aromatic heterocycles. The van der Waals surface area contributed by atoms with Crippen molar-refractivity contribution in [2.75, 3.05) is 0 Å². The van der Waals surface area contributed by atoms with Crippen LogP contribution in [0.5, 0.6) is 0 Å². The van der Waals surface area contributed by atoms with Crippen LogP contribution in [-0.2, 0) is 9.59 Å². The molecule has 17 heavy (non-hydrogen) atoms. The number of carboxylic acids is 1. The molecule has 0 saturated heterocycles. The molecule has 0 aliphatic heterocycles. The van der Waals surface area contributed by atoms with Crippen molar-refractivity contribution in [2.45, 2.75) is 49.9 Å². The Morgan fingerprint density at radius 2 is 2.06 bits per heavy atom. The molecule has 0 rings (SSSR count). The quantitative estimate of drug-likeness (QED) is 0.569. The van der Waals surface area contributed by atoms with Crippen LogP contribution in [-0.4, -0.2) is 44.0 Å². The first kappa shape index (κ1) is 16.4. The first-order valence-corrected chi connectivity index (χ1v) is 8.64. The Bertz CT molecular complexity index is 261. The molecule has 0 saturated carbocycles. The van der Waals surface area contributed by atoms with Gasteiger partial charge >= 0.3 is 108 Å². The van der Waals surface area contributed by atoms with E-state index in [0.717, 1.165) is 5.32 Å². The van der Waals surface area contributed by atoms with Gasteiger partial charge in [0.1, 0.15) is 0 Å². The number of nitrogens with one attached hydrogen (secondary N) is 1. The fraction of sp³-hybridized carbons (Fsp3) is 0.818. The Morgan fingerprint density at radius 3 is 2.47 bits per heavy atom. The first-order valence-electron chi connectivity index (χ1n) is 5.71. The Balaban J connectivity index is 4.35. The number of hydrogen-bond acceptors (Lipinski definition) is 3. The summed E-state index contributed by atoms with van der Waals surface area (Å²) in [4.78, 5) is 22.7. The van der Waals surface area contributed by atoms with E-state index in [0.29, 0.717) is 27.8 Å². The summed E-state index contributed by atoms with van der Waals surface area (Å²) in [6.07, 6.45) is 1.32. The molecule has 1 amide bonds. The average molecular weight is 309 g/mol. The van der Waals surface area contributed by atoms with E-state index in [2.05, 4.69) is 11.1 Å². The molecular formula is C11H22N2O3Se. The summed E-state index contributed by atoms with van der Waals surface area (Å²) in [6, 6.07) is -1.44. The van der Waals surface area contributed by atoms with Crippen molar-refractivity contribution < 1.29 is 14.7 Å². The Labute approximate surface area is 109 Å². The molecule has 0 aliphatic carbocycles. The van der Waals surface area contributed by atoms with E-state index in [1.165, 1.54) is 0 Å². The topological polar surface area (TPSA) is 92.4 Å². The number of rotatable bonds is 8. The van der Waals surface area contributed by atoms with Gasteiger partial charge in [0.05, 0.1) is 0 Å². The van der Waals surface area contributed by atoms with Crippen LogP contribution in [0.2, 0.25) is 11.1 Å². The fourth-order valence-electron chi connectivity index (χ4n) is 1.32. The van der Waals surface area contributed by atoms with Gasteiger partial charge in [-0.3, -0.25) is 0 Å². The second-order valence-electron chi connectivity index (χ2n) is 4.10. The van der Waals surface area contributed by atoms with Crippen molar-refractivity contribution in [1.82, 2.24) is 5.32 Å². The Hall–Kier alpha value is -0.581. The third-order valence-electron chi connectivity index (χ3n) is 2.75. The molecule has 0 heterocycles. The van der Waals surface area contributed by atoms with Crippen LogP contribution in [0.3, 0.4) is 0 Å². The van der Waals surface area contributed by atoms with Gasteiger partial charge in [0.2, 0.25) is 0 Å². The first-order chi connectivity index (χ1) is 7.93. The molecule has 0 aliphatic rings. The van der Waals surface area contributed by atoms with Crippen LogP contribution in [0.15, 0.2) is 0 Å². The van der Waals surface area contributed by atoms with Crippen LogP contribution >= 0.6 is 0 Å². The summed E-state index contributed by atoms with van der Waals surface area (Å²) >= 11 is 0.487. The summed E-state index contributed by atoms with van der Waals surface area (Å²) in [7, 11) is 0. The molecule has 0 fully saturated rings. The number of carbonyl (C=O) groups excluding carboxylic acids is 1. The predicted octanol–water partition coefficient (Wildman–Crippen LogP) is 0.490. The van der Waals surface area contributed by atoms with Gasteiger partial charge < -0.3 is 0 Å². The van der Waals surface area contributed by atoms with E-state index in [4.69, 9.17) is 10.8 Å². The normalized spacial score (nSPS) is 16.0. The Morgan fingerprint density at radius 1 is 1.47 bits per heavy atom. The molecular weight excluding hydrogens is 287 g/mol. The number of carboxylic acid groups (broad SMARTS) is 1. The maximum absolute atomic E-state index is 11.7. The van der Waals surface area contributed by atoms with Crippen molar-refractivity contribution in [2.24, 2.45) is 11.7 Å². The van der Waals surface area contributed by atoms with E-state index in [9.17, 15) is 9.59 Å². The summed E-state index contributed by atoms with van der Waals surface area (Å²) < 4.78 is 0. The summed E-state index contributed by atoms with van der Waals surface area (Å²) in [5.41, 5.74) is 5.70. The van der Waals surface area contributed by atoms with E-state index >= 15 is 0 Å². The zero-order valence-corrected chi connectivity index (χ0v) is 12.3. The van der Waals surface area contributed by atoms with E-state index in [-0.39, 0.29) is 11.8 Å². The second kappa shape index (κ2) is 8.50. The SMILES string of the molecule is CC[C@H](C)[C@H](NC(=O)[C@@H](N)CC[Se]C)C(=O)O. The average Bonchev–Trinajstić information content (AvgIpc) is 2.31. The number of aliphatic carboxylic acids is 1. The summed E-state index contributed by atoms with van der Waals surface area (Å²) in [6.45, 7) is 3.70. The zero-order chi connectivity index (χ0) is 13.4. The molecule has 100 valence electrons. The molecule has 0 aromatic rings.